The largest absolute Gasteiger partial charge is 0.491 e. The molecule has 1 unspecified atom stereocenters. The lowest BCUT2D eigenvalue weighted by Crippen LogP contribution is -2.51. The van der Waals surface area contributed by atoms with Crippen molar-refractivity contribution in [1.82, 2.24) is 15.1 Å². The van der Waals surface area contributed by atoms with Crippen LogP contribution < -0.4 is 10.1 Å². The van der Waals surface area contributed by atoms with Crippen molar-refractivity contribution in [3.05, 3.63) is 29.6 Å². The number of benzene rings is 1. The van der Waals surface area contributed by atoms with Crippen LogP contribution in [0.1, 0.15) is 25.3 Å². The second kappa shape index (κ2) is 10.1. The Bertz CT molecular complexity index is 596. The standard InChI is InChI=1S/C19H28FN3O2.ClH/c1-2-25-18-6-5-15(12-17(18)20)13-22-9-3-4-16(14-22)19(24)23-10-7-21-8-11-23;/h5-6,12,16,21H,2-4,7-11,13-14H2,1H3;1H. The predicted octanol–water partition coefficient (Wildman–Crippen LogP) is 2.29. The van der Waals surface area contributed by atoms with Crippen molar-refractivity contribution in [3.8, 4) is 5.75 Å². The van der Waals surface area contributed by atoms with E-state index in [0.29, 0.717) is 18.9 Å². The predicted molar refractivity (Wildman–Crippen MR) is 102 cm³/mol. The van der Waals surface area contributed by atoms with E-state index in [4.69, 9.17) is 4.74 Å². The molecule has 0 saturated carbocycles. The van der Waals surface area contributed by atoms with Crippen LogP contribution in [0.25, 0.3) is 0 Å². The molecule has 1 N–H and O–H groups in total. The van der Waals surface area contributed by atoms with E-state index in [2.05, 4.69) is 10.2 Å². The Morgan fingerprint density at radius 3 is 2.77 bits per heavy atom. The van der Waals surface area contributed by atoms with Gasteiger partial charge in [0.25, 0.3) is 0 Å². The first kappa shape index (κ1) is 20.9. The summed E-state index contributed by atoms with van der Waals surface area (Å²) in [6.45, 7) is 8.07. The summed E-state index contributed by atoms with van der Waals surface area (Å²) in [6.07, 6.45) is 1.97. The molecule has 146 valence electrons. The molecular weight excluding hydrogens is 357 g/mol. The van der Waals surface area contributed by atoms with Gasteiger partial charge in [-0.05, 0) is 44.0 Å². The van der Waals surface area contributed by atoms with E-state index >= 15 is 0 Å². The number of likely N-dealkylation sites (tertiary alicyclic amines) is 1. The maximum absolute atomic E-state index is 14.0. The average molecular weight is 386 g/mol. The van der Waals surface area contributed by atoms with Crippen LogP contribution >= 0.6 is 12.4 Å². The number of carbonyl (C=O) groups is 1. The Morgan fingerprint density at radius 1 is 1.31 bits per heavy atom. The zero-order chi connectivity index (χ0) is 17.6. The van der Waals surface area contributed by atoms with E-state index in [9.17, 15) is 9.18 Å². The van der Waals surface area contributed by atoms with E-state index in [-0.39, 0.29) is 30.0 Å². The van der Waals surface area contributed by atoms with Gasteiger partial charge in [-0.3, -0.25) is 9.69 Å². The third-order valence-corrected chi connectivity index (χ3v) is 4.99. The van der Waals surface area contributed by atoms with Crippen LogP contribution in [0.15, 0.2) is 18.2 Å². The normalized spacial score (nSPS) is 21.2. The van der Waals surface area contributed by atoms with Gasteiger partial charge in [0.15, 0.2) is 11.6 Å². The van der Waals surface area contributed by atoms with Gasteiger partial charge in [0.05, 0.1) is 12.5 Å². The number of hydrogen-bond donors (Lipinski definition) is 1. The van der Waals surface area contributed by atoms with E-state index in [1.165, 1.54) is 0 Å². The summed E-state index contributed by atoms with van der Waals surface area (Å²) in [7, 11) is 0. The molecule has 1 atom stereocenters. The molecule has 0 radical (unpaired) electrons. The topological polar surface area (TPSA) is 44.8 Å². The average Bonchev–Trinajstić information content (AvgIpc) is 2.64. The van der Waals surface area contributed by atoms with Crippen LogP contribution in [0.3, 0.4) is 0 Å². The molecule has 2 fully saturated rings. The lowest BCUT2D eigenvalue weighted by atomic mass is 9.95. The van der Waals surface area contributed by atoms with Gasteiger partial charge in [0, 0.05) is 39.3 Å². The zero-order valence-electron chi connectivity index (χ0n) is 15.4. The molecule has 2 aliphatic rings. The molecule has 0 spiro atoms. The number of piperazine rings is 1. The molecule has 0 aliphatic carbocycles. The molecule has 1 amide bonds. The van der Waals surface area contributed by atoms with Crippen molar-refractivity contribution in [2.75, 3.05) is 45.9 Å². The second-order valence-electron chi connectivity index (χ2n) is 6.85. The van der Waals surface area contributed by atoms with Gasteiger partial charge in [-0.25, -0.2) is 4.39 Å². The first-order valence-electron chi connectivity index (χ1n) is 9.30. The highest BCUT2D eigenvalue weighted by Crippen LogP contribution is 2.23. The van der Waals surface area contributed by atoms with Gasteiger partial charge >= 0.3 is 0 Å². The maximum atomic E-state index is 14.0. The van der Waals surface area contributed by atoms with Gasteiger partial charge < -0.3 is 15.0 Å². The Labute approximate surface area is 161 Å². The number of piperidine rings is 1. The number of hydrogen-bond acceptors (Lipinski definition) is 4. The number of rotatable bonds is 5. The van der Waals surface area contributed by atoms with Gasteiger partial charge in [0.2, 0.25) is 5.91 Å². The Kier molecular flexibility index (Phi) is 8.13. The zero-order valence-corrected chi connectivity index (χ0v) is 16.2. The maximum Gasteiger partial charge on any atom is 0.227 e. The Balaban J connectivity index is 0.00000243. The van der Waals surface area contributed by atoms with Gasteiger partial charge in [-0.15, -0.1) is 12.4 Å². The molecular formula is C19H29ClFN3O2. The fraction of sp³-hybridized carbons (Fsp3) is 0.632. The minimum Gasteiger partial charge on any atom is -0.491 e. The summed E-state index contributed by atoms with van der Waals surface area (Å²) >= 11 is 0. The molecule has 0 bridgehead atoms. The van der Waals surface area contributed by atoms with E-state index in [1.807, 2.05) is 17.9 Å². The fourth-order valence-electron chi connectivity index (χ4n) is 3.72. The monoisotopic (exact) mass is 385 g/mol. The van der Waals surface area contributed by atoms with Crippen molar-refractivity contribution < 1.29 is 13.9 Å². The first-order valence-corrected chi connectivity index (χ1v) is 9.30. The third-order valence-electron chi connectivity index (χ3n) is 4.99. The molecule has 2 aliphatic heterocycles. The van der Waals surface area contributed by atoms with Crippen LogP contribution in [0.4, 0.5) is 4.39 Å². The SMILES string of the molecule is CCOc1ccc(CN2CCCC(C(=O)N3CCNCC3)C2)cc1F.Cl. The molecule has 26 heavy (non-hydrogen) atoms. The highest BCUT2D eigenvalue weighted by atomic mass is 35.5. The number of nitrogens with zero attached hydrogens (tertiary/aromatic N) is 2. The highest BCUT2D eigenvalue weighted by molar-refractivity contribution is 5.85. The summed E-state index contributed by atoms with van der Waals surface area (Å²) < 4.78 is 19.3. The molecule has 2 saturated heterocycles. The molecule has 0 aromatic heterocycles. The molecule has 1 aromatic rings. The minimum atomic E-state index is -0.315. The number of carbonyl (C=O) groups excluding carboxylic acids is 1. The summed E-state index contributed by atoms with van der Waals surface area (Å²) in [4.78, 5) is 17.0. The quantitative estimate of drug-likeness (QED) is 0.844. The highest BCUT2D eigenvalue weighted by Gasteiger charge is 2.29. The van der Waals surface area contributed by atoms with Crippen LogP contribution in [0.5, 0.6) is 5.75 Å². The van der Waals surface area contributed by atoms with Crippen LogP contribution in [0, 0.1) is 11.7 Å². The summed E-state index contributed by atoms with van der Waals surface area (Å²) in [5, 5.41) is 3.28. The summed E-state index contributed by atoms with van der Waals surface area (Å²) in [6, 6.07) is 5.16. The van der Waals surface area contributed by atoms with Crippen molar-refractivity contribution in [3.63, 3.8) is 0 Å². The lowest BCUT2D eigenvalue weighted by Gasteiger charge is -2.36. The lowest BCUT2D eigenvalue weighted by molar-refractivity contribution is -0.138. The second-order valence-corrected chi connectivity index (χ2v) is 6.85. The fourth-order valence-corrected chi connectivity index (χ4v) is 3.72. The summed E-state index contributed by atoms with van der Waals surface area (Å²) in [5.41, 5.74) is 0.927. The number of nitrogens with one attached hydrogen (secondary N) is 1. The third kappa shape index (κ3) is 5.32. The molecule has 3 rings (SSSR count). The molecule has 1 aromatic carbocycles. The van der Waals surface area contributed by atoms with Crippen molar-refractivity contribution >= 4 is 18.3 Å². The number of halogens is 2. The van der Waals surface area contributed by atoms with E-state index in [0.717, 1.165) is 57.7 Å². The number of ether oxygens (including phenoxy) is 1. The van der Waals surface area contributed by atoms with Crippen LogP contribution in [-0.2, 0) is 11.3 Å². The Hall–Kier alpha value is -1.37. The van der Waals surface area contributed by atoms with Crippen molar-refractivity contribution in [1.29, 1.82) is 0 Å². The van der Waals surface area contributed by atoms with Gasteiger partial charge in [-0.2, -0.15) is 0 Å². The molecule has 7 heteroatoms. The molecule has 2 heterocycles. The van der Waals surface area contributed by atoms with E-state index < -0.39 is 0 Å². The number of amides is 1. The van der Waals surface area contributed by atoms with Crippen LogP contribution in [-0.4, -0.2) is 61.6 Å². The van der Waals surface area contributed by atoms with Crippen molar-refractivity contribution in [2.45, 2.75) is 26.3 Å². The van der Waals surface area contributed by atoms with Crippen LogP contribution in [0.2, 0.25) is 0 Å². The summed E-state index contributed by atoms with van der Waals surface area (Å²) in [5.74, 6) is 0.338. The smallest absolute Gasteiger partial charge is 0.227 e. The van der Waals surface area contributed by atoms with Crippen molar-refractivity contribution in [2.24, 2.45) is 5.92 Å². The van der Waals surface area contributed by atoms with E-state index in [1.54, 1.807) is 12.1 Å². The Morgan fingerprint density at radius 2 is 2.08 bits per heavy atom. The molecule has 5 nitrogen and oxygen atoms in total. The minimum absolute atomic E-state index is 0. The first-order chi connectivity index (χ1) is 12.2. The van der Waals surface area contributed by atoms with Gasteiger partial charge in [0.1, 0.15) is 0 Å². The van der Waals surface area contributed by atoms with Gasteiger partial charge in [-0.1, -0.05) is 6.07 Å².